The number of fused-ring (bicyclic) bond motifs is 2. The fourth-order valence-corrected chi connectivity index (χ4v) is 7.20. The van der Waals surface area contributed by atoms with E-state index in [0.717, 1.165) is 60.0 Å². The molecule has 2 heterocycles. The molecule has 2 atom stereocenters. The first-order valence-corrected chi connectivity index (χ1v) is 17.2. The summed E-state index contributed by atoms with van der Waals surface area (Å²) in [5, 5.41) is 0. The number of benzene rings is 3. The van der Waals surface area contributed by atoms with Crippen LogP contribution >= 0.6 is 0 Å². The fourth-order valence-electron chi connectivity index (χ4n) is 7.20. The number of ether oxygens (including phenoxy) is 4. The van der Waals surface area contributed by atoms with Gasteiger partial charge in [0, 0.05) is 52.5 Å². The number of carbonyl (C=O) groups excluding carboxylic acids is 2. The lowest BCUT2D eigenvalue weighted by atomic mass is 9.94. The maximum atomic E-state index is 13.0. The van der Waals surface area contributed by atoms with Crippen LogP contribution in [0.25, 0.3) is 0 Å². The second-order valence-electron chi connectivity index (χ2n) is 13.3. The van der Waals surface area contributed by atoms with Gasteiger partial charge in [-0.3, -0.25) is 14.6 Å². The van der Waals surface area contributed by atoms with Gasteiger partial charge in [0.25, 0.3) is 0 Å². The number of aryl methyl sites for hydroxylation is 2. The highest BCUT2D eigenvalue weighted by molar-refractivity contribution is 6.03. The van der Waals surface area contributed by atoms with Crippen molar-refractivity contribution in [3.63, 3.8) is 0 Å². The van der Waals surface area contributed by atoms with Gasteiger partial charge in [0.05, 0.1) is 28.4 Å². The van der Waals surface area contributed by atoms with Gasteiger partial charge in [0.15, 0.2) is 53.5 Å². The van der Waals surface area contributed by atoms with Gasteiger partial charge in [-0.25, -0.2) is 4.57 Å². The van der Waals surface area contributed by atoms with Crippen LogP contribution in [0.5, 0.6) is 23.0 Å². The number of hydrogen-bond donors (Lipinski definition) is 0. The number of rotatable bonds is 10. The molecule has 0 saturated carbocycles. The molecule has 9 heteroatoms. The Bertz CT molecular complexity index is 2070. The van der Waals surface area contributed by atoms with E-state index in [1.54, 1.807) is 40.7 Å². The number of halogens is 1. The second-order valence-corrected chi connectivity index (χ2v) is 13.3. The summed E-state index contributed by atoms with van der Waals surface area (Å²) >= 11 is 0. The summed E-state index contributed by atoms with van der Waals surface area (Å²) in [5.74, 6) is 2.90. The minimum absolute atomic E-state index is 0. The Kier molecular flexibility index (Phi) is 12.7. The molecule has 2 aliphatic rings. The molecule has 2 unspecified atom stereocenters. The zero-order valence-corrected chi connectivity index (χ0v) is 32.7. The van der Waals surface area contributed by atoms with Crippen LogP contribution in [0.2, 0.25) is 0 Å². The predicted molar refractivity (Wildman–Crippen MR) is 195 cm³/mol. The number of nitrogens with zero attached hydrogens (tertiary/aromatic N) is 2. The maximum Gasteiger partial charge on any atom is 0.173 e. The van der Waals surface area contributed by atoms with Crippen LogP contribution in [0, 0.1) is 25.7 Å². The van der Waals surface area contributed by atoms with Gasteiger partial charge >= 0.3 is 0 Å². The van der Waals surface area contributed by atoms with Crippen molar-refractivity contribution in [2.45, 2.75) is 46.1 Å². The van der Waals surface area contributed by atoms with Gasteiger partial charge in [-0.2, -0.15) is 0 Å². The highest BCUT2D eigenvalue weighted by Gasteiger charge is 2.34. The van der Waals surface area contributed by atoms with Gasteiger partial charge < -0.3 is 42.9 Å². The first kappa shape index (κ1) is 38.5. The summed E-state index contributed by atoms with van der Waals surface area (Å²) < 4.78 is 23.6. The van der Waals surface area contributed by atoms with Crippen molar-refractivity contribution < 1.29 is 57.1 Å². The second kappa shape index (κ2) is 17.2. The summed E-state index contributed by atoms with van der Waals surface area (Å²) in [5.41, 5.74) is 9.62. The molecule has 3 aromatic carbocycles. The van der Waals surface area contributed by atoms with E-state index in [9.17, 15) is 9.59 Å². The van der Waals surface area contributed by atoms with Crippen molar-refractivity contribution in [2.24, 2.45) is 11.8 Å². The third-order valence-corrected chi connectivity index (χ3v) is 10.0. The monoisotopic (exact) mass is 812 g/mol. The Labute approximate surface area is 323 Å². The molecule has 0 N–H and O–H groups in total. The van der Waals surface area contributed by atoms with Crippen LogP contribution in [0.4, 0.5) is 0 Å². The minimum atomic E-state index is -0.0366. The van der Waals surface area contributed by atoms with Gasteiger partial charge in [-0.05, 0) is 97.7 Å². The molecule has 0 amide bonds. The molecular weight excluding hydrogens is 767 g/mol. The van der Waals surface area contributed by atoms with Crippen molar-refractivity contribution in [2.75, 3.05) is 28.4 Å². The number of aromatic nitrogens is 2. The molecule has 0 bridgehead atoms. The summed E-state index contributed by atoms with van der Waals surface area (Å²) in [6.45, 7) is 4.99. The number of ketones is 2. The van der Waals surface area contributed by atoms with E-state index in [1.807, 2.05) is 43.5 Å². The lowest BCUT2D eigenvalue weighted by Crippen LogP contribution is -3.00. The Morgan fingerprint density at radius 2 is 1.17 bits per heavy atom. The van der Waals surface area contributed by atoms with Crippen LogP contribution in [0.3, 0.4) is 0 Å². The largest absolute Gasteiger partial charge is 1.00 e. The van der Waals surface area contributed by atoms with E-state index in [1.165, 1.54) is 22.3 Å². The highest BCUT2D eigenvalue weighted by atomic mass is 127. The summed E-state index contributed by atoms with van der Waals surface area (Å²) in [6, 6.07) is 22.0. The molecular formula is C43H45IN2O6. The lowest BCUT2D eigenvalue weighted by molar-refractivity contribution is -0.688. The standard InChI is InChI=1S/C25H26NO3.C18H19NO3.HI/c1-17-15-26(16-18-7-5-4-6-8-18)10-9-19(17)11-21-12-20-13-23(28-2)24(29-3)14-22(20)25(21)27;1-11-10-19-5-4-12(11)6-14-7-13-8-16(21-2)17(22-3)9-15(13)18(14)20;/h4-10,13-15,21H,11-12,16H2,1-3H3;4-5,8-10,14H,6-7H2,1-3H3;1H/q+1;;/p-1. The molecule has 270 valence electrons. The third kappa shape index (κ3) is 8.30. The average Bonchev–Trinajstić information content (AvgIpc) is 3.62. The zero-order valence-electron chi connectivity index (χ0n) is 30.6. The van der Waals surface area contributed by atoms with Gasteiger partial charge in [-0.1, -0.05) is 30.3 Å². The molecule has 2 aliphatic carbocycles. The minimum Gasteiger partial charge on any atom is -1.00 e. The van der Waals surface area contributed by atoms with Crippen LogP contribution in [-0.4, -0.2) is 45.0 Å². The van der Waals surface area contributed by atoms with E-state index >= 15 is 0 Å². The van der Waals surface area contributed by atoms with Crippen molar-refractivity contribution >= 4 is 11.6 Å². The summed E-state index contributed by atoms with van der Waals surface area (Å²) in [6.07, 6.45) is 10.9. The van der Waals surface area contributed by atoms with E-state index in [2.05, 4.69) is 59.2 Å². The molecule has 8 nitrogen and oxygen atoms in total. The molecule has 2 aromatic heterocycles. The van der Waals surface area contributed by atoms with Crippen molar-refractivity contribution in [1.29, 1.82) is 0 Å². The van der Waals surface area contributed by atoms with Crippen LogP contribution in [0.1, 0.15) is 59.7 Å². The third-order valence-electron chi connectivity index (χ3n) is 10.0. The summed E-state index contributed by atoms with van der Waals surface area (Å²) in [7, 11) is 6.41. The zero-order chi connectivity index (χ0) is 36.1. The smallest absolute Gasteiger partial charge is 0.173 e. The molecule has 0 aliphatic heterocycles. The van der Waals surface area contributed by atoms with E-state index in [-0.39, 0.29) is 47.4 Å². The number of hydrogen-bond acceptors (Lipinski definition) is 7. The molecule has 5 aromatic rings. The molecule has 7 rings (SSSR count). The lowest BCUT2D eigenvalue weighted by Gasteiger charge is -2.10. The normalized spacial score (nSPS) is 15.5. The Balaban J connectivity index is 0.000000205. The van der Waals surface area contributed by atoms with Crippen LogP contribution in [0.15, 0.2) is 91.5 Å². The topological polar surface area (TPSA) is 87.8 Å². The maximum absolute atomic E-state index is 13.0. The van der Waals surface area contributed by atoms with E-state index in [0.29, 0.717) is 23.0 Å². The van der Waals surface area contributed by atoms with Gasteiger partial charge in [-0.15, -0.1) is 0 Å². The average molecular weight is 813 g/mol. The highest BCUT2D eigenvalue weighted by Crippen LogP contribution is 2.39. The quantitative estimate of drug-likeness (QED) is 0.156. The Morgan fingerprint density at radius 1 is 0.673 bits per heavy atom. The van der Waals surface area contributed by atoms with Gasteiger partial charge in [0.2, 0.25) is 0 Å². The van der Waals surface area contributed by atoms with E-state index in [4.69, 9.17) is 18.9 Å². The molecule has 0 saturated heterocycles. The predicted octanol–water partition coefficient (Wildman–Crippen LogP) is 3.95. The van der Waals surface area contributed by atoms with Crippen LogP contribution < -0.4 is 47.5 Å². The molecule has 0 radical (unpaired) electrons. The Hall–Kier alpha value is -4.77. The Morgan fingerprint density at radius 3 is 1.65 bits per heavy atom. The van der Waals surface area contributed by atoms with Crippen molar-refractivity contribution in [1.82, 2.24) is 4.98 Å². The molecule has 0 fully saturated rings. The fraction of sp³-hybridized carbons (Fsp3) is 0.302. The van der Waals surface area contributed by atoms with Gasteiger partial charge in [0.1, 0.15) is 0 Å². The number of pyridine rings is 2. The van der Waals surface area contributed by atoms with Crippen LogP contribution in [-0.2, 0) is 32.2 Å². The first-order chi connectivity index (χ1) is 24.7. The number of methoxy groups -OCH3 is 4. The molecule has 52 heavy (non-hydrogen) atoms. The first-order valence-electron chi connectivity index (χ1n) is 17.2. The number of Topliss-reactive ketones (excluding diaryl/α,β-unsaturated/α-hetero) is 2. The number of carbonyl (C=O) groups is 2. The molecule has 0 spiro atoms. The van der Waals surface area contributed by atoms with E-state index < -0.39 is 0 Å². The van der Waals surface area contributed by atoms with Crippen molar-refractivity contribution in [3.05, 3.63) is 142 Å². The SMILES string of the molecule is COc1cc2c(cc1OC)C(=O)C(Cc1cc[n+](Cc3ccccc3)cc1C)C2.COc1cc2c(cc1OC)C(=O)C(Cc1ccncc1C)C2.[I-]. The van der Waals surface area contributed by atoms with Crippen molar-refractivity contribution in [3.8, 4) is 23.0 Å². The summed E-state index contributed by atoms with van der Waals surface area (Å²) in [4.78, 5) is 29.8.